The Balaban J connectivity index is 2.91. The lowest BCUT2D eigenvalue weighted by Crippen LogP contribution is -1.79. The number of hydrogen-bond donors (Lipinski definition) is 0. The molecule has 72 valence electrons. The standard InChI is InChI=1S/C9H6ClNO2S/c1-11-9-4-2-8(3-5-9)6-7-14(10,12)13/h2-7H. The van der Waals surface area contributed by atoms with Gasteiger partial charge in [-0.05, 0) is 11.6 Å². The third kappa shape index (κ3) is 3.60. The summed E-state index contributed by atoms with van der Waals surface area (Å²) in [7, 11) is 1.37. The molecular weight excluding hydrogens is 222 g/mol. The first kappa shape index (κ1) is 10.8. The van der Waals surface area contributed by atoms with Crippen molar-refractivity contribution in [1.29, 1.82) is 0 Å². The topological polar surface area (TPSA) is 38.5 Å². The monoisotopic (exact) mass is 227 g/mol. The van der Waals surface area contributed by atoms with Crippen LogP contribution in [0.3, 0.4) is 0 Å². The molecule has 0 radical (unpaired) electrons. The Morgan fingerprint density at radius 3 is 2.29 bits per heavy atom. The maximum absolute atomic E-state index is 10.6. The molecule has 0 aromatic heterocycles. The molecule has 0 bridgehead atoms. The molecule has 0 spiro atoms. The molecular formula is C9H6ClNO2S. The van der Waals surface area contributed by atoms with Crippen molar-refractivity contribution in [3.05, 3.63) is 46.7 Å². The van der Waals surface area contributed by atoms with Gasteiger partial charge in [-0.3, -0.25) is 0 Å². The van der Waals surface area contributed by atoms with Crippen molar-refractivity contribution in [2.75, 3.05) is 0 Å². The highest BCUT2D eigenvalue weighted by molar-refractivity contribution is 8.16. The van der Waals surface area contributed by atoms with E-state index in [-0.39, 0.29) is 0 Å². The van der Waals surface area contributed by atoms with Crippen molar-refractivity contribution in [2.45, 2.75) is 0 Å². The molecule has 1 aromatic rings. The molecule has 0 aliphatic carbocycles. The fourth-order valence-electron chi connectivity index (χ4n) is 0.820. The number of nitrogens with zero attached hydrogens (tertiary/aromatic N) is 1. The summed E-state index contributed by atoms with van der Waals surface area (Å²) in [5, 5.41) is 0.904. The van der Waals surface area contributed by atoms with Gasteiger partial charge in [0.1, 0.15) is 0 Å². The Hall–Kier alpha value is -1.31. The predicted octanol–water partition coefficient (Wildman–Crippen LogP) is 2.78. The molecule has 14 heavy (non-hydrogen) atoms. The zero-order valence-corrected chi connectivity index (χ0v) is 8.59. The fraction of sp³-hybridized carbons (Fsp3) is 0. The smallest absolute Gasteiger partial charge is 0.238 e. The van der Waals surface area contributed by atoms with Crippen LogP contribution in [0.1, 0.15) is 5.56 Å². The summed E-state index contributed by atoms with van der Waals surface area (Å²) in [6.07, 6.45) is 1.37. The molecule has 0 saturated heterocycles. The second kappa shape index (κ2) is 4.27. The normalized spacial score (nSPS) is 11.4. The van der Waals surface area contributed by atoms with Gasteiger partial charge in [0.15, 0.2) is 5.69 Å². The molecule has 0 aliphatic heterocycles. The highest BCUT2D eigenvalue weighted by Gasteiger charge is 1.96. The van der Waals surface area contributed by atoms with Gasteiger partial charge < -0.3 is 0 Å². The molecule has 0 heterocycles. The van der Waals surface area contributed by atoms with Gasteiger partial charge in [-0.1, -0.05) is 24.3 Å². The molecule has 0 saturated carbocycles. The van der Waals surface area contributed by atoms with Crippen molar-refractivity contribution in [2.24, 2.45) is 0 Å². The number of hydrogen-bond acceptors (Lipinski definition) is 2. The summed E-state index contributed by atoms with van der Waals surface area (Å²) >= 11 is 0. The number of halogens is 1. The van der Waals surface area contributed by atoms with E-state index in [4.69, 9.17) is 17.3 Å². The van der Waals surface area contributed by atoms with Crippen molar-refractivity contribution >= 4 is 31.5 Å². The predicted molar refractivity (Wildman–Crippen MR) is 56.5 cm³/mol. The van der Waals surface area contributed by atoms with Gasteiger partial charge in [0.25, 0.3) is 9.05 Å². The lowest BCUT2D eigenvalue weighted by atomic mass is 10.2. The minimum absolute atomic E-state index is 0.510. The molecule has 0 atom stereocenters. The van der Waals surface area contributed by atoms with E-state index in [2.05, 4.69) is 4.85 Å². The highest BCUT2D eigenvalue weighted by Crippen LogP contribution is 2.14. The second-order valence-corrected chi connectivity index (χ2v) is 5.00. The van der Waals surface area contributed by atoms with Crippen LogP contribution in [-0.4, -0.2) is 8.42 Å². The Bertz CT molecular complexity index is 483. The van der Waals surface area contributed by atoms with Crippen molar-refractivity contribution < 1.29 is 8.42 Å². The van der Waals surface area contributed by atoms with Gasteiger partial charge in [-0.2, -0.15) is 0 Å². The van der Waals surface area contributed by atoms with E-state index >= 15 is 0 Å². The SMILES string of the molecule is [C-]#[N+]c1ccc(C=CS(=O)(=O)Cl)cc1. The van der Waals surface area contributed by atoms with E-state index in [1.54, 1.807) is 24.3 Å². The van der Waals surface area contributed by atoms with Crippen LogP contribution in [0.5, 0.6) is 0 Å². The first-order valence-corrected chi connectivity index (χ1v) is 5.99. The largest absolute Gasteiger partial charge is 0.254 e. The van der Waals surface area contributed by atoms with E-state index in [0.717, 1.165) is 5.41 Å². The summed E-state index contributed by atoms with van der Waals surface area (Å²) in [5.41, 5.74) is 1.19. The van der Waals surface area contributed by atoms with Crippen molar-refractivity contribution in [3.8, 4) is 0 Å². The molecule has 0 N–H and O–H groups in total. The van der Waals surface area contributed by atoms with Crippen LogP contribution < -0.4 is 0 Å². The van der Waals surface area contributed by atoms with Crippen LogP contribution in [0.2, 0.25) is 0 Å². The summed E-state index contributed by atoms with van der Waals surface area (Å²) < 4.78 is 21.1. The van der Waals surface area contributed by atoms with Crippen LogP contribution >= 0.6 is 10.7 Å². The number of rotatable bonds is 2. The Morgan fingerprint density at radius 2 is 1.86 bits per heavy atom. The molecule has 3 nitrogen and oxygen atoms in total. The Morgan fingerprint density at radius 1 is 1.29 bits per heavy atom. The summed E-state index contributed by atoms with van der Waals surface area (Å²) in [6, 6.07) is 6.50. The van der Waals surface area contributed by atoms with Gasteiger partial charge in [-0.15, -0.1) is 0 Å². The molecule has 0 aliphatic rings. The Kier molecular flexibility index (Phi) is 3.28. The van der Waals surface area contributed by atoms with Gasteiger partial charge in [-0.25, -0.2) is 13.3 Å². The summed E-state index contributed by atoms with van der Waals surface area (Å²) in [4.78, 5) is 3.20. The minimum atomic E-state index is -3.61. The van der Waals surface area contributed by atoms with E-state index in [1.807, 2.05) is 0 Å². The van der Waals surface area contributed by atoms with Crippen molar-refractivity contribution in [1.82, 2.24) is 0 Å². The lowest BCUT2D eigenvalue weighted by Gasteiger charge is -1.92. The van der Waals surface area contributed by atoms with E-state index in [9.17, 15) is 8.42 Å². The van der Waals surface area contributed by atoms with Crippen LogP contribution in [0.25, 0.3) is 10.9 Å². The second-order valence-electron chi connectivity index (χ2n) is 2.48. The van der Waals surface area contributed by atoms with Crippen LogP contribution in [0, 0.1) is 6.57 Å². The van der Waals surface area contributed by atoms with Crippen molar-refractivity contribution in [3.63, 3.8) is 0 Å². The first-order valence-electron chi connectivity index (χ1n) is 3.61. The zero-order chi connectivity index (χ0) is 10.6. The molecule has 0 unspecified atom stereocenters. The molecule has 0 fully saturated rings. The average Bonchev–Trinajstić information content (AvgIpc) is 2.14. The quantitative estimate of drug-likeness (QED) is 0.576. The molecule has 0 amide bonds. The third-order valence-electron chi connectivity index (χ3n) is 1.45. The summed E-state index contributed by atoms with van der Waals surface area (Å²) in [6.45, 7) is 6.71. The molecule has 1 rings (SSSR count). The summed E-state index contributed by atoms with van der Waals surface area (Å²) in [5.74, 6) is 0. The minimum Gasteiger partial charge on any atom is -0.238 e. The lowest BCUT2D eigenvalue weighted by molar-refractivity contribution is 0.617. The third-order valence-corrected chi connectivity index (χ3v) is 2.22. The van der Waals surface area contributed by atoms with E-state index < -0.39 is 9.05 Å². The zero-order valence-electron chi connectivity index (χ0n) is 7.01. The molecule has 5 heteroatoms. The fourth-order valence-corrected chi connectivity index (χ4v) is 1.29. The van der Waals surface area contributed by atoms with Gasteiger partial charge in [0, 0.05) is 16.1 Å². The Labute approximate surface area is 86.9 Å². The molecule has 1 aromatic carbocycles. The maximum atomic E-state index is 10.6. The highest BCUT2D eigenvalue weighted by atomic mass is 35.7. The van der Waals surface area contributed by atoms with Gasteiger partial charge in [0.05, 0.1) is 6.57 Å². The van der Waals surface area contributed by atoms with Gasteiger partial charge in [0.2, 0.25) is 0 Å². The first-order chi connectivity index (χ1) is 6.51. The average molecular weight is 228 g/mol. The maximum Gasteiger partial charge on any atom is 0.254 e. The van der Waals surface area contributed by atoms with Crippen LogP contribution in [-0.2, 0) is 9.05 Å². The van der Waals surface area contributed by atoms with Gasteiger partial charge >= 0.3 is 0 Å². The van der Waals surface area contributed by atoms with Crippen LogP contribution in [0.4, 0.5) is 5.69 Å². The number of benzene rings is 1. The van der Waals surface area contributed by atoms with E-state index in [1.165, 1.54) is 6.08 Å². The van der Waals surface area contributed by atoms with E-state index in [0.29, 0.717) is 11.3 Å². The van der Waals surface area contributed by atoms with Crippen LogP contribution in [0.15, 0.2) is 29.7 Å².